The van der Waals surface area contributed by atoms with Crippen LogP contribution in [0.4, 0.5) is 0 Å². The first-order valence-corrected chi connectivity index (χ1v) is 6.74. The molecule has 3 aromatic heterocycles. The Labute approximate surface area is 125 Å². The molecule has 0 aliphatic heterocycles. The van der Waals surface area contributed by atoms with Gasteiger partial charge in [0.05, 0.1) is 6.33 Å². The van der Waals surface area contributed by atoms with Crippen molar-refractivity contribution in [3.05, 3.63) is 71.9 Å². The number of nitrogens with zero attached hydrogens (tertiary/aromatic N) is 4. The molecule has 1 aromatic carbocycles. The molecule has 0 radical (unpaired) electrons. The van der Waals surface area contributed by atoms with E-state index in [0.717, 1.165) is 16.8 Å². The number of para-hydroxylation sites is 1. The van der Waals surface area contributed by atoms with Crippen molar-refractivity contribution < 1.29 is 0 Å². The predicted octanol–water partition coefficient (Wildman–Crippen LogP) is 2.17. The zero-order valence-corrected chi connectivity index (χ0v) is 11.5. The maximum absolute atomic E-state index is 12.3. The van der Waals surface area contributed by atoms with E-state index in [-0.39, 0.29) is 5.56 Å². The molecule has 0 unspecified atom stereocenters. The van der Waals surface area contributed by atoms with Crippen molar-refractivity contribution in [1.82, 2.24) is 24.5 Å². The highest BCUT2D eigenvalue weighted by Gasteiger charge is 2.15. The Morgan fingerprint density at radius 1 is 1.05 bits per heavy atom. The molecule has 0 fully saturated rings. The molecule has 0 spiro atoms. The summed E-state index contributed by atoms with van der Waals surface area (Å²) in [6.45, 7) is 0. The van der Waals surface area contributed by atoms with Gasteiger partial charge in [0.1, 0.15) is 17.4 Å². The summed E-state index contributed by atoms with van der Waals surface area (Å²) < 4.78 is 1.84. The minimum absolute atomic E-state index is 0.183. The molecule has 6 heteroatoms. The van der Waals surface area contributed by atoms with E-state index in [9.17, 15) is 4.79 Å². The molecule has 4 aromatic rings. The third kappa shape index (κ3) is 1.89. The number of rotatable bonds is 2. The van der Waals surface area contributed by atoms with Gasteiger partial charge >= 0.3 is 0 Å². The monoisotopic (exact) mass is 289 g/mol. The molecule has 0 aliphatic carbocycles. The second-order valence-electron chi connectivity index (χ2n) is 4.80. The first-order chi connectivity index (χ1) is 10.8. The number of aromatic nitrogens is 5. The summed E-state index contributed by atoms with van der Waals surface area (Å²) in [7, 11) is 0. The van der Waals surface area contributed by atoms with Crippen LogP contribution in [-0.2, 0) is 0 Å². The number of hydrogen-bond donors (Lipinski definition) is 1. The molecule has 0 aliphatic rings. The van der Waals surface area contributed by atoms with Crippen molar-refractivity contribution >= 4 is 11.0 Å². The van der Waals surface area contributed by atoms with Crippen LogP contribution in [0.5, 0.6) is 0 Å². The molecule has 3 heterocycles. The Morgan fingerprint density at radius 2 is 1.82 bits per heavy atom. The molecule has 0 atom stereocenters. The highest BCUT2D eigenvalue weighted by Crippen LogP contribution is 2.28. The van der Waals surface area contributed by atoms with Gasteiger partial charge in [0, 0.05) is 35.4 Å². The molecule has 4 rings (SSSR count). The summed E-state index contributed by atoms with van der Waals surface area (Å²) in [6.07, 6.45) is 8.19. The lowest BCUT2D eigenvalue weighted by atomic mass is 10.1. The van der Waals surface area contributed by atoms with E-state index >= 15 is 0 Å². The Balaban J connectivity index is 2.09. The first kappa shape index (κ1) is 12.5. The second-order valence-corrected chi connectivity index (χ2v) is 4.80. The van der Waals surface area contributed by atoms with Gasteiger partial charge in [-0.05, 0) is 12.1 Å². The highest BCUT2D eigenvalue weighted by atomic mass is 16.1. The van der Waals surface area contributed by atoms with Crippen LogP contribution in [0.2, 0.25) is 0 Å². The summed E-state index contributed by atoms with van der Waals surface area (Å²) in [5.74, 6) is 0. The summed E-state index contributed by atoms with van der Waals surface area (Å²) in [5, 5.41) is 0. The molecular formula is C16H11N5O. The number of hydrogen-bond acceptors (Lipinski definition) is 4. The summed E-state index contributed by atoms with van der Waals surface area (Å²) in [5.41, 5.74) is 3.49. The molecule has 1 N–H and O–H groups in total. The highest BCUT2D eigenvalue weighted by molar-refractivity contribution is 5.93. The van der Waals surface area contributed by atoms with Gasteiger partial charge in [0.25, 0.3) is 5.56 Å². The first-order valence-electron chi connectivity index (χ1n) is 6.74. The summed E-state index contributed by atoms with van der Waals surface area (Å²) >= 11 is 0. The van der Waals surface area contributed by atoms with Crippen LogP contribution in [0.15, 0.2) is 66.4 Å². The van der Waals surface area contributed by atoms with E-state index in [2.05, 4.69) is 19.9 Å². The van der Waals surface area contributed by atoms with Gasteiger partial charge in [-0.25, -0.2) is 15.0 Å². The van der Waals surface area contributed by atoms with E-state index in [1.807, 2.05) is 41.1 Å². The molecule has 22 heavy (non-hydrogen) atoms. The van der Waals surface area contributed by atoms with Crippen LogP contribution in [0.3, 0.4) is 0 Å². The SMILES string of the molecule is O=c1[nH]cnc2c(-c3cncnc3)cn(-c3ccccc3)c12. The van der Waals surface area contributed by atoms with E-state index in [0.29, 0.717) is 11.0 Å². The molecule has 0 amide bonds. The number of H-pyrrole nitrogens is 1. The molecule has 0 saturated carbocycles. The lowest BCUT2D eigenvalue weighted by Crippen LogP contribution is -2.09. The normalized spacial score (nSPS) is 10.9. The third-order valence-electron chi connectivity index (χ3n) is 3.49. The quantitative estimate of drug-likeness (QED) is 0.613. The third-order valence-corrected chi connectivity index (χ3v) is 3.49. The average Bonchev–Trinajstić information content (AvgIpc) is 2.98. The lowest BCUT2D eigenvalue weighted by molar-refractivity contribution is 1.08. The number of aromatic amines is 1. The molecule has 6 nitrogen and oxygen atoms in total. The van der Waals surface area contributed by atoms with Gasteiger partial charge in [-0.1, -0.05) is 18.2 Å². The molecular weight excluding hydrogens is 278 g/mol. The largest absolute Gasteiger partial charge is 0.311 e. The molecule has 0 bridgehead atoms. The van der Waals surface area contributed by atoms with Crippen molar-refractivity contribution in [2.24, 2.45) is 0 Å². The van der Waals surface area contributed by atoms with Gasteiger partial charge in [0.2, 0.25) is 0 Å². The fourth-order valence-electron chi connectivity index (χ4n) is 2.51. The van der Waals surface area contributed by atoms with Crippen molar-refractivity contribution in [1.29, 1.82) is 0 Å². The van der Waals surface area contributed by atoms with E-state index in [1.165, 1.54) is 12.7 Å². The van der Waals surface area contributed by atoms with Crippen LogP contribution in [-0.4, -0.2) is 24.5 Å². The Kier molecular flexibility index (Phi) is 2.79. The van der Waals surface area contributed by atoms with Gasteiger partial charge in [-0.3, -0.25) is 4.79 Å². The Morgan fingerprint density at radius 3 is 2.59 bits per heavy atom. The maximum Gasteiger partial charge on any atom is 0.275 e. The fourth-order valence-corrected chi connectivity index (χ4v) is 2.51. The van der Waals surface area contributed by atoms with E-state index < -0.39 is 0 Å². The summed E-state index contributed by atoms with van der Waals surface area (Å²) in [6, 6.07) is 9.67. The lowest BCUT2D eigenvalue weighted by Gasteiger charge is -2.03. The predicted molar refractivity (Wildman–Crippen MR) is 82.7 cm³/mol. The van der Waals surface area contributed by atoms with Gasteiger partial charge in [-0.2, -0.15) is 0 Å². The Hall–Kier alpha value is -3.28. The van der Waals surface area contributed by atoms with Crippen LogP contribution < -0.4 is 5.56 Å². The molecule has 106 valence electrons. The zero-order chi connectivity index (χ0) is 14.9. The van der Waals surface area contributed by atoms with Gasteiger partial charge in [-0.15, -0.1) is 0 Å². The van der Waals surface area contributed by atoms with Crippen molar-refractivity contribution in [2.45, 2.75) is 0 Å². The minimum Gasteiger partial charge on any atom is -0.311 e. The zero-order valence-electron chi connectivity index (χ0n) is 11.5. The van der Waals surface area contributed by atoms with Gasteiger partial charge in [0.15, 0.2) is 0 Å². The van der Waals surface area contributed by atoms with Crippen molar-refractivity contribution in [3.63, 3.8) is 0 Å². The van der Waals surface area contributed by atoms with Crippen LogP contribution in [0, 0.1) is 0 Å². The molecule has 0 saturated heterocycles. The average molecular weight is 289 g/mol. The number of benzene rings is 1. The van der Waals surface area contributed by atoms with E-state index in [4.69, 9.17) is 0 Å². The van der Waals surface area contributed by atoms with Crippen LogP contribution in [0.25, 0.3) is 27.8 Å². The van der Waals surface area contributed by atoms with Crippen molar-refractivity contribution in [2.75, 3.05) is 0 Å². The topological polar surface area (TPSA) is 76.5 Å². The Bertz CT molecular complexity index is 989. The van der Waals surface area contributed by atoms with Crippen LogP contribution >= 0.6 is 0 Å². The van der Waals surface area contributed by atoms with E-state index in [1.54, 1.807) is 12.4 Å². The summed E-state index contributed by atoms with van der Waals surface area (Å²) in [4.78, 5) is 27.3. The smallest absolute Gasteiger partial charge is 0.275 e. The maximum atomic E-state index is 12.3. The fraction of sp³-hybridized carbons (Fsp3) is 0. The number of nitrogens with one attached hydrogen (secondary N) is 1. The number of fused-ring (bicyclic) bond motifs is 1. The minimum atomic E-state index is -0.183. The van der Waals surface area contributed by atoms with Gasteiger partial charge < -0.3 is 9.55 Å². The van der Waals surface area contributed by atoms with Crippen LogP contribution in [0.1, 0.15) is 0 Å². The van der Waals surface area contributed by atoms with Crippen molar-refractivity contribution in [3.8, 4) is 16.8 Å². The second kappa shape index (κ2) is 4.92. The standard InChI is InChI=1S/C16H11N5O/c22-16-15-14(19-10-20-16)13(11-6-17-9-18-7-11)8-21(15)12-4-2-1-3-5-12/h1-10H,(H,19,20,22).